The van der Waals surface area contributed by atoms with Crippen molar-refractivity contribution in [3.05, 3.63) is 35.1 Å². The van der Waals surface area contributed by atoms with Gasteiger partial charge in [0.05, 0.1) is 0 Å². The Morgan fingerprint density at radius 3 is 2.53 bits per heavy atom. The van der Waals surface area contributed by atoms with Crippen LogP contribution in [0.15, 0.2) is 18.2 Å². The van der Waals surface area contributed by atoms with E-state index in [-0.39, 0.29) is 29.8 Å². The Balaban J connectivity index is 2.84. The number of aliphatic hydroxyl groups excluding tert-OH is 1. The lowest BCUT2D eigenvalue weighted by atomic mass is 9.84. The van der Waals surface area contributed by atoms with E-state index in [1.165, 1.54) is 6.07 Å². The van der Waals surface area contributed by atoms with Crippen LogP contribution >= 0.6 is 0 Å². The molecule has 106 valence electrons. The molecule has 1 atom stereocenters. The van der Waals surface area contributed by atoms with Crippen LogP contribution in [-0.4, -0.2) is 23.7 Å². The number of benzene rings is 1. The second-order valence-electron chi connectivity index (χ2n) is 5.87. The molecule has 0 aliphatic rings. The van der Waals surface area contributed by atoms with Crippen LogP contribution in [0.2, 0.25) is 0 Å². The van der Waals surface area contributed by atoms with E-state index in [4.69, 9.17) is 5.11 Å². The first kappa shape index (κ1) is 15.6. The molecule has 0 saturated carbocycles. The lowest BCUT2D eigenvalue weighted by Gasteiger charge is -2.31. The highest BCUT2D eigenvalue weighted by Gasteiger charge is 2.26. The van der Waals surface area contributed by atoms with Crippen molar-refractivity contribution in [2.45, 2.75) is 40.2 Å². The number of carbonyl (C=O) groups is 1. The van der Waals surface area contributed by atoms with E-state index in [0.29, 0.717) is 17.5 Å². The summed E-state index contributed by atoms with van der Waals surface area (Å²) in [7, 11) is 0. The van der Waals surface area contributed by atoms with Gasteiger partial charge in [-0.15, -0.1) is 0 Å². The van der Waals surface area contributed by atoms with E-state index in [1.54, 1.807) is 19.1 Å². The molecule has 19 heavy (non-hydrogen) atoms. The maximum atomic E-state index is 13.4. The molecule has 0 heterocycles. The number of nitrogens with one attached hydrogen (secondary N) is 1. The SMILES string of the molecule is Cc1ccc(C(=O)NC(CCO)C(C)(C)C)cc1F. The normalized spacial score (nSPS) is 13.2. The van der Waals surface area contributed by atoms with Gasteiger partial charge in [-0.3, -0.25) is 4.79 Å². The van der Waals surface area contributed by atoms with Crippen LogP contribution in [0.4, 0.5) is 4.39 Å². The lowest BCUT2D eigenvalue weighted by Crippen LogP contribution is -2.44. The minimum absolute atomic E-state index is 0.00444. The number of carbonyl (C=O) groups excluding carboxylic acids is 1. The molecule has 0 fully saturated rings. The van der Waals surface area contributed by atoms with E-state index < -0.39 is 0 Å². The average Bonchev–Trinajstić information content (AvgIpc) is 2.30. The van der Waals surface area contributed by atoms with Gasteiger partial charge in [0.15, 0.2) is 0 Å². The zero-order valence-electron chi connectivity index (χ0n) is 12.0. The van der Waals surface area contributed by atoms with Gasteiger partial charge in [-0.2, -0.15) is 0 Å². The number of hydrogen-bond acceptors (Lipinski definition) is 2. The van der Waals surface area contributed by atoms with Gasteiger partial charge in [-0.25, -0.2) is 4.39 Å². The number of hydrogen-bond donors (Lipinski definition) is 2. The fourth-order valence-corrected chi connectivity index (χ4v) is 1.83. The van der Waals surface area contributed by atoms with Crippen molar-refractivity contribution in [2.24, 2.45) is 5.41 Å². The van der Waals surface area contributed by atoms with Crippen molar-refractivity contribution in [1.29, 1.82) is 0 Å². The van der Waals surface area contributed by atoms with E-state index in [1.807, 2.05) is 20.8 Å². The Hall–Kier alpha value is -1.42. The van der Waals surface area contributed by atoms with Crippen molar-refractivity contribution < 1.29 is 14.3 Å². The molecule has 1 amide bonds. The molecule has 1 aromatic carbocycles. The highest BCUT2D eigenvalue weighted by molar-refractivity contribution is 5.94. The Morgan fingerprint density at radius 2 is 2.05 bits per heavy atom. The van der Waals surface area contributed by atoms with Gasteiger partial charge < -0.3 is 10.4 Å². The van der Waals surface area contributed by atoms with Gasteiger partial charge in [0, 0.05) is 18.2 Å². The fraction of sp³-hybridized carbons (Fsp3) is 0.533. The van der Waals surface area contributed by atoms with Crippen LogP contribution in [-0.2, 0) is 0 Å². The zero-order valence-corrected chi connectivity index (χ0v) is 12.0. The highest BCUT2D eigenvalue weighted by atomic mass is 19.1. The number of rotatable bonds is 4. The molecule has 1 aromatic rings. The first-order valence-corrected chi connectivity index (χ1v) is 6.43. The Bertz CT molecular complexity index is 452. The highest BCUT2D eigenvalue weighted by Crippen LogP contribution is 2.22. The van der Waals surface area contributed by atoms with Crippen molar-refractivity contribution in [3.8, 4) is 0 Å². The monoisotopic (exact) mass is 267 g/mol. The van der Waals surface area contributed by atoms with Crippen molar-refractivity contribution >= 4 is 5.91 Å². The summed E-state index contributed by atoms with van der Waals surface area (Å²) < 4.78 is 13.4. The smallest absolute Gasteiger partial charge is 0.251 e. The molecule has 2 N–H and O–H groups in total. The molecule has 4 heteroatoms. The van der Waals surface area contributed by atoms with Gasteiger partial charge in [0.25, 0.3) is 5.91 Å². The van der Waals surface area contributed by atoms with Crippen LogP contribution < -0.4 is 5.32 Å². The molecule has 0 aliphatic carbocycles. The van der Waals surface area contributed by atoms with Crippen molar-refractivity contribution in [2.75, 3.05) is 6.61 Å². The van der Waals surface area contributed by atoms with Gasteiger partial charge in [-0.05, 0) is 36.5 Å². The maximum Gasteiger partial charge on any atom is 0.251 e. The number of amides is 1. The fourth-order valence-electron chi connectivity index (χ4n) is 1.83. The quantitative estimate of drug-likeness (QED) is 0.881. The largest absolute Gasteiger partial charge is 0.396 e. The molecular formula is C15H22FNO2. The van der Waals surface area contributed by atoms with Crippen molar-refractivity contribution in [3.63, 3.8) is 0 Å². The lowest BCUT2D eigenvalue weighted by molar-refractivity contribution is 0.0884. The predicted octanol–water partition coefficient (Wildman–Crippen LogP) is 2.66. The van der Waals surface area contributed by atoms with Crippen LogP contribution in [0.5, 0.6) is 0 Å². The first-order chi connectivity index (χ1) is 8.75. The van der Waals surface area contributed by atoms with Crippen LogP contribution in [0.3, 0.4) is 0 Å². The van der Waals surface area contributed by atoms with E-state index in [0.717, 1.165) is 0 Å². The Morgan fingerprint density at radius 1 is 1.42 bits per heavy atom. The summed E-state index contributed by atoms with van der Waals surface area (Å²) in [4.78, 5) is 12.1. The topological polar surface area (TPSA) is 49.3 Å². The molecule has 0 aliphatic heterocycles. The number of aliphatic hydroxyl groups is 1. The minimum Gasteiger partial charge on any atom is -0.396 e. The van der Waals surface area contributed by atoms with Crippen LogP contribution in [0.25, 0.3) is 0 Å². The summed E-state index contributed by atoms with van der Waals surface area (Å²) in [5.74, 6) is -0.700. The molecule has 0 radical (unpaired) electrons. The van der Waals surface area contributed by atoms with Crippen LogP contribution in [0.1, 0.15) is 43.1 Å². The van der Waals surface area contributed by atoms with Gasteiger partial charge >= 0.3 is 0 Å². The summed E-state index contributed by atoms with van der Waals surface area (Å²) >= 11 is 0. The summed E-state index contributed by atoms with van der Waals surface area (Å²) in [6.45, 7) is 7.63. The summed E-state index contributed by atoms with van der Waals surface area (Å²) in [5.41, 5.74) is 0.649. The van der Waals surface area contributed by atoms with E-state index >= 15 is 0 Å². The third kappa shape index (κ3) is 4.31. The molecular weight excluding hydrogens is 245 g/mol. The number of aryl methyl sites for hydroxylation is 1. The number of halogens is 1. The van der Waals surface area contributed by atoms with E-state index in [9.17, 15) is 9.18 Å². The molecule has 1 unspecified atom stereocenters. The third-order valence-corrected chi connectivity index (χ3v) is 3.20. The Kier molecular flexibility index (Phi) is 5.06. The standard InChI is InChI=1S/C15H22FNO2/c1-10-5-6-11(9-12(10)16)14(19)17-13(7-8-18)15(2,3)4/h5-6,9,13,18H,7-8H2,1-4H3,(H,17,19). The summed E-state index contributed by atoms with van der Waals surface area (Å²) in [6, 6.07) is 4.27. The minimum atomic E-state index is -0.387. The van der Waals surface area contributed by atoms with E-state index in [2.05, 4.69) is 5.32 Å². The van der Waals surface area contributed by atoms with Gasteiger partial charge in [0.1, 0.15) is 5.82 Å². The second kappa shape index (κ2) is 6.15. The molecule has 0 bridgehead atoms. The van der Waals surface area contributed by atoms with Gasteiger partial charge in [0.2, 0.25) is 0 Å². The molecule has 1 rings (SSSR count). The van der Waals surface area contributed by atoms with Gasteiger partial charge in [-0.1, -0.05) is 26.8 Å². The molecule has 0 aromatic heterocycles. The Labute approximate surface area is 113 Å². The molecule has 3 nitrogen and oxygen atoms in total. The summed E-state index contributed by atoms with van der Waals surface area (Å²) in [5, 5.41) is 11.9. The first-order valence-electron chi connectivity index (χ1n) is 6.43. The zero-order chi connectivity index (χ0) is 14.6. The molecule has 0 saturated heterocycles. The second-order valence-corrected chi connectivity index (χ2v) is 5.87. The summed E-state index contributed by atoms with van der Waals surface area (Å²) in [6.07, 6.45) is 0.476. The van der Waals surface area contributed by atoms with Crippen molar-refractivity contribution in [1.82, 2.24) is 5.32 Å². The predicted molar refractivity (Wildman–Crippen MR) is 73.5 cm³/mol. The van der Waals surface area contributed by atoms with Crippen LogP contribution in [0, 0.1) is 18.2 Å². The maximum absolute atomic E-state index is 13.4. The molecule has 0 spiro atoms. The average molecular weight is 267 g/mol. The third-order valence-electron chi connectivity index (χ3n) is 3.20.